The lowest BCUT2D eigenvalue weighted by molar-refractivity contribution is -0.139. The standard InChI is InChI=1S/C45H52N8O7/c1-25(2)39(51-45(57)60-31-18-21-59-22-19-31)43(55)52-20-4-5-37(52)40-46-32-14-10-28(23-35(32)48-40)26-6-8-27(9-7-26)29-11-15-33-36(24-29)49-41(47-33)38-17-13-30-12-16-34(42(54)53(30)38)50-44(56)58-3/h6-11,14-15,23-25,30-31,34,37-39H,4-5,12-13,16-22H2,1-3H3,(H,46,48)(H,47,49)(H,50,56)(H,51,57)/t30-,34-,37-,38-,39-/m0/s1. The number of hydrogen-bond acceptors (Lipinski definition) is 9. The van der Waals surface area contributed by atoms with Crippen LogP contribution in [0.5, 0.6) is 0 Å². The van der Waals surface area contributed by atoms with E-state index in [0.717, 1.165) is 88.1 Å². The van der Waals surface area contributed by atoms with Gasteiger partial charge in [0.05, 0.1) is 54.5 Å². The molecule has 4 N–H and O–H groups in total. The molecule has 4 saturated heterocycles. The maximum absolute atomic E-state index is 14.0. The van der Waals surface area contributed by atoms with E-state index in [-0.39, 0.29) is 42.0 Å². The minimum absolute atomic E-state index is 0.0873. The molecule has 5 aromatic rings. The fourth-order valence-corrected chi connectivity index (χ4v) is 9.47. The number of carbonyl (C=O) groups is 4. The van der Waals surface area contributed by atoms with Crippen LogP contribution in [0.25, 0.3) is 44.3 Å². The Morgan fingerprint density at radius 1 is 0.767 bits per heavy atom. The third-order valence-electron chi connectivity index (χ3n) is 12.7. The van der Waals surface area contributed by atoms with Crippen LogP contribution in [-0.4, -0.2) is 105 Å². The Hall–Kier alpha value is -5.96. The summed E-state index contributed by atoms with van der Waals surface area (Å²) in [5, 5.41) is 5.56. The second kappa shape index (κ2) is 16.6. The SMILES string of the molecule is COC(=O)N[C@H]1CC[C@H]2CC[C@@H](c3nc4ccc(-c5ccc(-c6ccc7nc([C@@H]8CCCN8C(=O)[C@@H](NC(=O)OC8CCOCC8)C(C)C)[nH]c7c6)cc5)cc4[nH]3)N2C1=O. The van der Waals surface area contributed by atoms with Gasteiger partial charge in [0, 0.05) is 25.4 Å². The van der Waals surface area contributed by atoms with Crippen molar-refractivity contribution in [2.75, 3.05) is 26.9 Å². The molecule has 3 aromatic carbocycles. The minimum atomic E-state index is -0.713. The van der Waals surface area contributed by atoms with Crippen molar-refractivity contribution in [1.82, 2.24) is 40.4 Å². The van der Waals surface area contributed by atoms with Gasteiger partial charge in [-0.05, 0) is 91.0 Å². The lowest BCUT2D eigenvalue weighted by atomic mass is 9.98. The number of amides is 4. The fraction of sp³-hybridized carbons (Fsp3) is 0.467. The Balaban J connectivity index is 0.877. The van der Waals surface area contributed by atoms with Gasteiger partial charge in [-0.1, -0.05) is 50.2 Å². The lowest BCUT2D eigenvalue weighted by Crippen LogP contribution is -2.54. The van der Waals surface area contributed by atoms with Gasteiger partial charge in [0.2, 0.25) is 11.8 Å². The molecule has 4 aliphatic rings. The molecular weight excluding hydrogens is 765 g/mol. The van der Waals surface area contributed by atoms with Crippen molar-refractivity contribution in [3.63, 3.8) is 0 Å². The number of ether oxygens (including phenoxy) is 3. The number of imidazole rings is 2. The van der Waals surface area contributed by atoms with Crippen molar-refractivity contribution >= 4 is 46.1 Å². The number of nitrogens with zero attached hydrogens (tertiary/aromatic N) is 4. The number of methoxy groups -OCH3 is 1. The molecule has 15 heteroatoms. The zero-order valence-corrected chi connectivity index (χ0v) is 34.2. The van der Waals surface area contributed by atoms with Gasteiger partial charge in [0.15, 0.2) is 0 Å². The first-order valence-electron chi connectivity index (χ1n) is 21.3. The molecule has 60 heavy (non-hydrogen) atoms. The molecule has 4 aliphatic heterocycles. The van der Waals surface area contributed by atoms with Crippen LogP contribution in [0.3, 0.4) is 0 Å². The number of piperidine rings is 1. The van der Waals surface area contributed by atoms with Gasteiger partial charge in [-0.3, -0.25) is 9.59 Å². The van der Waals surface area contributed by atoms with E-state index >= 15 is 0 Å². The molecule has 15 nitrogen and oxygen atoms in total. The predicted octanol–water partition coefficient (Wildman–Crippen LogP) is 6.92. The fourth-order valence-electron chi connectivity index (χ4n) is 9.47. The van der Waals surface area contributed by atoms with Gasteiger partial charge in [-0.2, -0.15) is 0 Å². The summed E-state index contributed by atoms with van der Waals surface area (Å²) in [5.74, 6) is 1.16. The van der Waals surface area contributed by atoms with Crippen molar-refractivity contribution in [2.24, 2.45) is 5.92 Å². The Morgan fingerprint density at radius 3 is 1.98 bits per heavy atom. The number of alkyl carbamates (subject to hydrolysis) is 2. The summed E-state index contributed by atoms with van der Waals surface area (Å²) in [6.45, 7) is 5.58. The van der Waals surface area contributed by atoms with Gasteiger partial charge in [-0.15, -0.1) is 0 Å². The number of fused-ring (bicyclic) bond motifs is 3. The van der Waals surface area contributed by atoms with Crippen molar-refractivity contribution in [3.05, 3.63) is 72.3 Å². The highest BCUT2D eigenvalue weighted by Gasteiger charge is 2.45. The van der Waals surface area contributed by atoms with Gasteiger partial charge < -0.3 is 44.6 Å². The third-order valence-corrected chi connectivity index (χ3v) is 12.7. The number of aromatic amines is 2. The maximum Gasteiger partial charge on any atom is 0.408 e. The van der Waals surface area contributed by atoms with Gasteiger partial charge in [0.25, 0.3) is 0 Å². The zero-order valence-electron chi connectivity index (χ0n) is 34.2. The first kappa shape index (κ1) is 39.5. The molecule has 0 aliphatic carbocycles. The van der Waals surface area contributed by atoms with E-state index in [2.05, 4.69) is 69.1 Å². The molecule has 6 heterocycles. The summed E-state index contributed by atoms with van der Waals surface area (Å²) in [6, 6.07) is 19.2. The van der Waals surface area contributed by atoms with Gasteiger partial charge in [0.1, 0.15) is 29.8 Å². The molecule has 314 valence electrons. The van der Waals surface area contributed by atoms with Crippen LogP contribution in [0, 0.1) is 5.92 Å². The normalized spacial score (nSPS) is 22.6. The molecule has 0 unspecified atom stereocenters. The zero-order chi connectivity index (χ0) is 41.5. The molecule has 2 aromatic heterocycles. The van der Waals surface area contributed by atoms with Crippen molar-refractivity contribution in [1.29, 1.82) is 0 Å². The first-order valence-corrected chi connectivity index (χ1v) is 21.3. The maximum atomic E-state index is 14.0. The largest absolute Gasteiger partial charge is 0.453 e. The van der Waals surface area contributed by atoms with Crippen molar-refractivity contribution < 1.29 is 33.4 Å². The van der Waals surface area contributed by atoms with Crippen LogP contribution < -0.4 is 10.6 Å². The molecular formula is C45H52N8O7. The number of hydrogen-bond donors (Lipinski definition) is 4. The summed E-state index contributed by atoms with van der Waals surface area (Å²) >= 11 is 0. The quantitative estimate of drug-likeness (QED) is 0.123. The molecule has 0 bridgehead atoms. The highest BCUT2D eigenvalue weighted by Crippen LogP contribution is 2.41. The van der Waals surface area contributed by atoms with Crippen LogP contribution in [-0.2, 0) is 23.8 Å². The van der Waals surface area contributed by atoms with E-state index in [4.69, 9.17) is 24.2 Å². The van der Waals surface area contributed by atoms with Crippen LogP contribution in [0.15, 0.2) is 60.7 Å². The molecule has 0 radical (unpaired) electrons. The first-order chi connectivity index (χ1) is 29.1. The van der Waals surface area contributed by atoms with E-state index < -0.39 is 24.3 Å². The number of H-pyrrole nitrogens is 2. The molecule has 5 atom stereocenters. The van der Waals surface area contributed by atoms with Crippen molar-refractivity contribution in [3.8, 4) is 22.3 Å². The Labute approximate surface area is 347 Å². The van der Waals surface area contributed by atoms with E-state index in [1.54, 1.807) is 0 Å². The predicted molar refractivity (Wildman–Crippen MR) is 224 cm³/mol. The smallest absolute Gasteiger partial charge is 0.408 e. The van der Waals surface area contributed by atoms with Gasteiger partial charge >= 0.3 is 12.2 Å². The summed E-state index contributed by atoms with van der Waals surface area (Å²) in [7, 11) is 1.30. The summed E-state index contributed by atoms with van der Waals surface area (Å²) < 4.78 is 15.8. The molecule has 4 fully saturated rings. The molecule has 0 saturated carbocycles. The van der Waals surface area contributed by atoms with Crippen LogP contribution in [0.2, 0.25) is 0 Å². The molecule has 9 rings (SSSR count). The average Bonchev–Trinajstić information content (AvgIpc) is 4.08. The number of likely N-dealkylation sites (tertiary alicyclic amines) is 1. The van der Waals surface area contributed by atoms with E-state index in [1.165, 1.54) is 7.11 Å². The Morgan fingerprint density at radius 2 is 1.37 bits per heavy atom. The average molecular weight is 817 g/mol. The highest BCUT2D eigenvalue weighted by atomic mass is 16.6. The summed E-state index contributed by atoms with van der Waals surface area (Å²) in [6.07, 6.45) is 4.70. The Bertz CT molecular complexity index is 2400. The number of aromatic nitrogens is 4. The van der Waals surface area contributed by atoms with Crippen molar-refractivity contribution in [2.45, 2.75) is 102 Å². The van der Waals surface area contributed by atoms with E-state index in [9.17, 15) is 19.2 Å². The van der Waals surface area contributed by atoms with Crippen LogP contribution in [0.1, 0.15) is 88.9 Å². The second-order valence-corrected chi connectivity index (χ2v) is 16.8. The van der Waals surface area contributed by atoms with Crippen LogP contribution in [0.4, 0.5) is 9.59 Å². The highest BCUT2D eigenvalue weighted by molar-refractivity contribution is 5.89. The molecule has 0 spiro atoms. The number of carbonyl (C=O) groups excluding carboxylic acids is 4. The van der Waals surface area contributed by atoms with E-state index in [0.29, 0.717) is 39.0 Å². The minimum Gasteiger partial charge on any atom is -0.453 e. The summed E-state index contributed by atoms with van der Waals surface area (Å²) in [5.41, 5.74) is 7.64. The monoisotopic (exact) mass is 816 g/mol. The molecule has 4 amide bonds. The van der Waals surface area contributed by atoms with Crippen LogP contribution >= 0.6 is 0 Å². The number of benzene rings is 3. The van der Waals surface area contributed by atoms with E-state index in [1.807, 2.05) is 35.8 Å². The topological polar surface area (TPSA) is 184 Å². The Kier molecular flexibility index (Phi) is 10.9. The summed E-state index contributed by atoms with van der Waals surface area (Å²) in [4.78, 5) is 72.8. The van der Waals surface area contributed by atoms with Gasteiger partial charge in [-0.25, -0.2) is 19.6 Å². The lowest BCUT2D eigenvalue weighted by Gasteiger charge is -2.37. The number of nitrogens with one attached hydrogen (secondary N) is 4. The second-order valence-electron chi connectivity index (χ2n) is 16.8. The number of rotatable bonds is 9. The third kappa shape index (κ3) is 7.78.